The second-order valence-corrected chi connectivity index (χ2v) is 11.7. The number of hydrogen-bond donors (Lipinski definition) is 7. The standard InChI is InChI=1S/C12H16N7O13P3/c13-1-12(19-4-16-5-8(14)17-10(15)18-9(5)19)7-6(20)11(30-12,2-28-7)3-29-34(24,25)32-35(26,27)31-33(21,22)23/h4,6-7,20H,2-3H2,(H,24,25)(H,26,27)(H2,21,22,23)(H4,14,15,17,18)/t6-,7+,11+,12+/m0/s1. The maximum atomic E-state index is 12.1. The smallest absolute Gasteiger partial charge is 0.387 e. The molecule has 2 saturated heterocycles. The van der Waals surface area contributed by atoms with Crippen LogP contribution in [0.15, 0.2) is 6.33 Å². The normalized spacial score (nSPS) is 31.8. The number of aliphatic hydroxyl groups is 1. The van der Waals surface area contributed by atoms with Crippen LogP contribution in [0.3, 0.4) is 0 Å². The first-order chi connectivity index (χ1) is 16.0. The zero-order chi connectivity index (χ0) is 26.0. The molecule has 35 heavy (non-hydrogen) atoms. The first-order valence-electron chi connectivity index (χ1n) is 8.99. The lowest BCUT2D eigenvalue weighted by Gasteiger charge is -2.35. The minimum atomic E-state index is -5.78. The first kappa shape index (κ1) is 26.0. The van der Waals surface area contributed by atoms with E-state index in [9.17, 15) is 33.9 Å². The van der Waals surface area contributed by atoms with Crippen molar-refractivity contribution in [3.63, 3.8) is 0 Å². The van der Waals surface area contributed by atoms with Gasteiger partial charge in [0.1, 0.15) is 35.7 Å². The molecular weight excluding hydrogens is 543 g/mol. The Balaban J connectivity index is 1.61. The molecular formula is C12H16N7O13P3. The van der Waals surface area contributed by atoms with Gasteiger partial charge in [0.2, 0.25) is 5.95 Å². The summed E-state index contributed by atoms with van der Waals surface area (Å²) in [5, 5.41) is 20.7. The number of aromatic nitrogens is 4. The van der Waals surface area contributed by atoms with E-state index >= 15 is 0 Å². The summed E-state index contributed by atoms with van der Waals surface area (Å²) in [6.07, 6.45) is -2.01. The average Bonchev–Trinajstić information content (AvgIpc) is 3.33. The molecule has 23 heteroatoms. The lowest BCUT2D eigenvalue weighted by Crippen LogP contribution is -2.50. The lowest BCUT2D eigenvalue weighted by molar-refractivity contribution is -0.220. The molecule has 2 aromatic heterocycles. The molecule has 4 rings (SSSR count). The number of rotatable bonds is 8. The molecule has 9 N–H and O–H groups in total. The van der Waals surface area contributed by atoms with Gasteiger partial charge in [0.05, 0.1) is 13.2 Å². The van der Waals surface area contributed by atoms with E-state index in [1.165, 1.54) is 0 Å². The van der Waals surface area contributed by atoms with Crippen molar-refractivity contribution in [2.75, 3.05) is 24.7 Å². The molecule has 0 spiro atoms. The summed E-state index contributed by atoms with van der Waals surface area (Å²) in [4.78, 5) is 47.9. The summed E-state index contributed by atoms with van der Waals surface area (Å²) in [6.45, 7) is -1.55. The molecule has 2 unspecified atom stereocenters. The van der Waals surface area contributed by atoms with Gasteiger partial charge in [-0.05, 0) is 0 Å². The van der Waals surface area contributed by atoms with Gasteiger partial charge < -0.3 is 45.6 Å². The average molecular weight is 559 g/mol. The number of nitriles is 1. The van der Waals surface area contributed by atoms with Crippen LogP contribution in [-0.2, 0) is 42.0 Å². The molecule has 0 saturated carbocycles. The number of phosphoric acid groups is 3. The first-order valence-corrected chi connectivity index (χ1v) is 13.5. The summed E-state index contributed by atoms with van der Waals surface area (Å²) in [5.41, 5.74) is 7.16. The van der Waals surface area contributed by atoms with Crippen molar-refractivity contribution in [2.45, 2.75) is 23.5 Å². The molecule has 2 aromatic rings. The highest BCUT2D eigenvalue weighted by molar-refractivity contribution is 7.66. The van der Waals surface area contributed by atoms with Crippen LogP contribution in [0.4, 0.5) is 11.8 Å². The Morgan fingerprint density at radius 1 is 1.20 bits per heavy atom. The van der Waals surface area contributed by atoms with E-state index in [4.69, 9.17) is 30.7 Å². The highest BCUT2D eigenvalue weighted by atomic mass is 31.3. The van der Waals surface area contributed by atoms with E-state index in [0.29, 0.717) is 0 Å². The third-order valence-corrected chi connectivity index (χ3v) is 8.71. The Hall–Kier alpha value is -2.07. The van der Waals surface area contributed by atoms with Crippen molar-refractivity contribution in [3.8, 4) is 6.07 Å². The Morgan fingerprint density at radius 3 is 2.51 bits per heavy atom. The van der Waals surface area contributed by atoms with Crippen LogP contribution in [0.2, 0.25) is 0 Å². The Kier molecular flexibility index (Phi) is 6.11. The Labute approximate surface area is 193 Å². The molecule has 6 atom stereocenters. The van der Waals surface area contributed by atoms with Gasteiger partial charge in [0.25, 0.3) is 5.72 Å². The number of nitrogens with two attached hydrogens (primary N) is 2. The van der Waals surface area contributed by atoms with E-state index in [0.717, 1.165) is 10.9 Å². The zero-order valence-electron chi connectivity index (χ0n) is 16.9. The van der Waals surface area contributed by atoms with Crippen LogP contribution in [0.5, 0.6) is 0 Å². The predicted octanol–water partition coefficient (Wildman–Crippen LogP) is -1.96. The summed E-state index contributed by atoms with van der Waals surface area (Å²) in [7, 11) is -16.9. The minimum Gasteiger partial charge on any atom is -0.387 e. The van der Waals surface area contributed by atoms with Crippen LogP contribution in [-0.4, -0.2) is 75.2 Å². The van der Waals surface area contributed by atoms with Crippen molar-refractivity contribution < 1.29 is 61.0 Å². The van der Waals surface area contributed by atoms with E-state index in [1.54, 1.807) is 0 Å². The number of imidazole rings is 1. The summed E-state index contributed by atoms with van der Waals surface area (Å²) < 4.78 is 58.5. The quantitative estimate of drug-likeness (QED) is 0.173. The minimum absolute atomic E-state index is 0.0389. The fourth-order valence-corrected chi connectivity index (χ4v) is 6.70. The van der Waals surface area contributed by atoms with Crippen LogP contribution in [0, 0.1) is 11.3 Å². The highest BCUT2D eigenvalue weighted by Gasteiger charge is 2.71. The second kappa shape index (κ2) is 8.23. The molecule has 2 fully saturated rings. The topological polar surface area (TPSA) is 318 Å². The van der Waals surface area contributed by atoms with Crippen molar-refractivity contribution in [3.05, 3.63) is 6.33 Å². The zero-order valence-corrected chi connectivity index (χ0v) is 19.6. The number of ether oxygens (including phenoxy) is 2. The molecule has 0 aliphatic carbocycles. The number of anilines is 2. The van der Waals surface area contributed by atoms with Gasteiger partial charge in [0, 0.05) is 0 Å². The van der Waals surface area contributed by atoms with Crippen molar-refractivity contribution in [2.24, 2.45) is 0 Å². The van der Waals surface area contributed by atoms with Gasteiger partial charge in [-0.3, -0.25) is 9.09 Å². The third-order valence-electron chi connectivity index (χ3n) is 4.92. The molecule has 2 aliphatic heterocycles. The maximum Gasteiger partial charge on any atom is 0.490 e. The molecule has 0 aromatic carbocycles. The van der Waals surface area contributed by atoms with Crippen LogP contribution >= 0.6 is 23.5 Å². The van der Waals surface area contributed by atoms with Crippen molar-refractivity contribution >= 4 is 46.4 Å². The second-order valence-electron chi connectivity index (χ2n) is 7.27. The van der Waals surface area contributed by atoms with Gasteiger partial charge in [-0.25, -0.2) is 18.7 Å². The summed E-state index contributed by atoms with van der Waals surface area (Å²) in [5.74, 6) is -0.386. The summed E-state index contributed by atoms with van der Waals surface area (Å²) >= 11 is 0. The number of aliphatic hydroxyl groups excluding tert-OH is 1. The number of nitrogens with zero attached hydrogens (tertiary/aromatic N) is 5. The van der Waals surface area contributed by atoms with Crippen LogP contribution < -0.4 is 11.5 Å². The SMILES string of the molecule is N#C[C@@]1(n2cnc3c(N)nc(N)nc32)O[C@@]2(COP(=O)(O)OP(=O)(O)OP(=O)(O)O)CO[C@@H]1[C@@H]2O. The molecule has 4 heterocycles. The third kappa shape index (κ3) is 4.59. The predicted molar refractivity (Wildman–Crippen MR) is 107 cm³/mol. The van der Waals surface area contributed by atoms with Crippen LogP contribution in [0.25, 0.3) is 11.2 Å². The highest BCUT2D eigenvalue weighted by Crippen LogP contribution is 2.66. The number of phosphoric ester groups is 1. The van der Waals surface area contributed by atoms with Gasteiger partial charge in [-0.1, -0.05) is 0 Å². The van der Waals surface area contributed by atoms with Gasteiger partial charge in [0.15, 0.2) is 11.5 Å². The van der Waals surface area contributed by atoms with E-state index in [1.807, 2.05) is 6.07 Å². The molecule has 0 radical (unpaired) electrons. The van der Waals surface area contributed by atoms with Crippen LogP contribution in [0.1, 0.15) is 0 Å². The molecule has 20 nitrogen and oxygen atoms in total. The van der Waals surface area contributed by atoms with Crippen molar-refractivity contribution in [1.29, 1.82) is 5.26 Å². The maximum absolute atomic E-state index is 12.1. The molecule has 192 valence electrons. The fraction of sp³-hybridized carbons (Fsp3) is 0.500. The van der Waals surface area contributed by atoms with Gasteiger partial charge >= 0.3 is 23.5 Å². The molecule has 2 aliphatic rings. The number of fused-ring (bicyclic) bond motifs is 3. The van der Waals surface area contributed by atoms with E-state index < -0.39 is 60.2 Å². The lowest BCUT2D eigenvalue weighted by atomic mass is 9.98. The fourth-order valence-electron chi connectivity index (χ4n) is 3.63. The monoisotopic (exact) mass is 559 g/mol. The van der Waals surface area contributed by atoms with E-state index in [-0.39, 0.29) is 22.9 Å². The van der Waals surface area contributed by atoms with Gasteiger partial charge in [-0.2, -0.15) is 23.9 Å². The summed E-state index contributed by atoms with van der Waals surface area (Å²) in [6, 6.07) is 1.82. The molecule has 2 bridgehead atoms. The number of nitrogen functional groups attached to an aromatic ring is 2. The number of hydrogen-bond acceptors (Lipinski definition) is 15. The molecule has 0 amide bonds. The van der Waals surface area contributed by atoms with Gasteiger partial charge in [-0.15, -0.1) is 0 Å². The largest absolute Gasteiger partial charge is 0.490 e. The van der Waals surface area contributed by atoms with E-state index in [2.05, 4.69) is 28.1 Å². The van der Waals surface area contributed by atoms with Crippen molar-refractivity contribution in [1.82, 2.24) is 19.5 Å². The Morgan fingerprint density at radius 2 is 1.89 bits per heavy atom. The Bertz CT molecular complexity index is 1370.